The Bertz CT molecular complexity index is 1610. The summed E-state index contributed by atoms with van der Waals surface area (Å²) in [4.78, 5) is 44.3. The number of piperidine rings is 2. The fraction of sp³-hybridized carbons (Fsp3) is 0.444. The Morgan fingerprint density at radius 1 is 0.938 bits per heavy atom. The molecule has 0 radical (unpaired) electrons. The zero-order valence-corrected chi connectivity index (χ0v) is 28.9. The van der Waals surface area contributed by atoms with Gasteiger partial charge < -0.3 is 26.0 Å². The lowest BCUT2D eigenvalue weighted by Crippen LogP contribution is -2.63. The number of rotatable bonds is 11. The second-order valence-corrected chi connectivity index (χ2v) is 13.1. The SMILES string of the molecule is COc1c(C#N)cc2ccccc2c1C(=O)N(CCCCN1CCC(C(N)=O)(N2CCCCC2)CC1)CC(N)=O.Clc1ccccc1Cl. The minimum atomic E-state index is -0.607. The third-order valence-electron chi connectivity index (χ3n) is 9.25. The van der Waals surface area contributed by atoms with E-state index in [1.807, 2.05) is 30.3 Å². The average Bonchev–Trinajstić information content (AvgIpc) is 3.10. The van der Waals surface area contributed by atoms with E-state index in [2.05, 4.69) is 15.9 Å². The number of benzene rings is 3. The molecule has 2 aliphatic rings. The van der Waals surface area contributed by atoms with Gasteiger partial charge in [-0.25, -0.2) is 0 Å². The molecular formula is C36H44Cl2N6O4. The van der Waals surface area contributed by atoms with Crippen LogP contribution in [-0.2, 0) is 9.59 Å². The molecule has 3 amide bonds. The van der Waals surface area contributed by atoms with Gasteiger partial charge >= 0.3 is 0 Å². The van der Waals surface area contributed by atoms with Crippen LogP contribution >= 0.6 is 23.2 Å². The summed E-state index contributed by atoms with van der Waals surface area (Å²) < 4.78 is 5.50. The fourth-order valence-corrected chi connectivity index (χ4v) is 6.97. The van der Waals surface area contributed by atoms with Crippen LogP contribution in [-0.4, -0.2) is 90.9 Å². The first-order valence-electron chi connectivity index (χ1n) is 16.4. The van der Waals surface area contributed by atoms with Crippen molar-refractivity contribution in [2.45, 2.75) is 50.5 Å². The van der Waals surface area contributed by atoms with E-state index < -0.39 is 17.4 Å². The summed E-state index contributed by atoms with van der Waals surface area (Å²) in [5.41, 5.74) is 11.4. The van der Waals surface area contributed by atoms with Gasteiger partial charge in [0, 0.05) is 19.6 Å². The lowest BCUT2D eigenvalue weighted by atomic mass is 9.83. The number of likely N-dealkylation sites (tertiary alicyclic amines) is 2. The van der Waals surface area contributed by atoms with E-state index in [-0.39, 0.29) is 29.3 Å². The van der Waals surface area contributed by atoms with Crippen LogP contribution in [0.4, 0.5) is 0 Å². The van der Waals surface area contributed by atoms with Crippen LogP contribution in [0.2, 0.25) is 10.0 Å². The van der Waals surface area contributed by atoms with Gasteiger partial charge in [0.15, 0.2) is 0 Å². The Labute approximate surface area is 292 Å². The smallest absolute Gasteiger partial charge is 0.258 e. The topological polar surface area (TPSA) is 146 Å². The highest BCUT2D eigenvalue weighted by Gasteiger charge is 2.44. The molecule has 0 bridgehead atoms. The second kappa shape index (κ2) is 17.5. The number of ether oxygens (including phenoxy) is 1. The van der Waals surface area contributed by atoms with Crippen LogP contribution < -0.4 is 16.2 Å². The maximum absolute atomic E-state index is 13.8. The summed E-state index contributed by atoms with van der Waals surface area (Å²) in [7, 11) is 1.43. The highest BCUT2D eigenvalue weighted by molar-refractivity contribution is 6.41. The van der Waals surface area contributed by atoms with Gasteiger partial charge in [0.1, 0.15) is 17.4 Å². The van der Waals surface area contributed by atoms with Crippen LogP contribution in [0, 0.1) is 11.3 Å². The molecule has 0 aliphatic carbocycles. The zero-order valence-electron chi connectivity index (χ0n) is 27.4. The van der Waals surface area contributed by atoms with E-state index in [4.69, 9.17) is 39.4 Å². The molecule has 2 fully saturated rings. The van der Waals surface area contributed by atoms with Gasteiger partial charge in [0.25, 0.3) is 5.91 Å². The molecule has 48 heavy (non-hydrogen) atoms. The zero-order chi connectivity index (χ0) is 34.7. The third kappa shape index (κ3) is 8.97. The van der Waals surface area contributed by atoms with Crippen molar-refractivity contribution in [3.63, 3.8) is 0 Å². The number of hydrogen-bond acceptors (Lipinski definition) is 7. The third-order valence-corrected chi connectivity index (χ3v) is 10.0. The Morgan fingerprint density at radius 2 is 1.56 bits per heavy atom. The van der Waals surface area contributed by atoms with Crippen LogP contribution in [0.1, 0.15) is 60.9 Å². The number of carbonyl (C=O) groups is 3. The van der Waals surface area contributed by atoms with Gasteiger partial charge in [-0.15, -0.1) is 0 Å². The molecule has 5 rings (SSSR count). The quantitative estimate of drug-likeness (QED) is 0.262. The summed E-state index contributed by atoms with van der Waals surface area (Å²) in [5.74, 6) is -1.02. The average molecular weight is 696 g/mol. The number of nitrogens with zero attached hydrogens (tertiary/aromatic N) is 4. The number of primary amides is 2. The number of unbranched alkanes of at least 4 members (excludes halogenated alkanes) is 1. The molecule has 256 valence electrons. The molecule has 0 aromatic heterocycles. The minimum Gasteiger partial charge on any atom is -0.495 e. The molecular weight excluding hydrogens is 651 g/mol. The number of nitriles is 1. The van der Waals surface area contributed by atoms with E-state index in [0.717, 1.165) is 70.2 Å². The van der Waals surface area contributed by atoms with Crippen molar-refractivity contribution in [2.24, 2.45) is 11.5 Å². The summed E-state index contributed by atoms with van der Waals surface area (Å²) in [6.45, 7) is 4.40. The monoisotopic (exact) mass is 694 g/mol. The van der Waals surface area contributed by atoms with Crippen molar-refractivity contribution in [1.82, 2.24) is 14.7 Å². The summed E-state index contributed by atoms with van der Waals surface area (Å²) >= 11 is 11.2. The Hall–Kier alpha value is -3.88. The van der Waals surface area contributed by atoms with Gasteiger partial charge in [-0.1, -0.05) is 66.0 Å². The Balaban J connectivity index is 0.000000569. The second-order valence-electron chi connectivity index (χ2n) is 12.3. The van der Waals surface area contributed by atoms with Gasteiger partial charge in [0.2, 0.25) is 11.8 Å². The van der Waals surface area contributed by atoms with E-state index in [0.29, 0.717) is 28.4 Å². The van der Waals surface area contributed by atoms with Gasteiger partial charge in [0.05, 0.1) is 34.8 Å². The number of nitrogens with two attached hydrogens (primary N) is 2. The number of methoxy groups -OCH3 is 1. The van der Waals surface area contributed by atoms with Crippen LogP contribution in [0.15, 0.2) is 54.6 Å². The van der Waals surface area contributed by atoms with Gasteiger partial charge in [-0.3, -0.25) is 19.3 Å². The molecule has 0 saturated carbocycles. The molecule has 2 saturated heterocycles. The molecule has 0 unspecified atom stereocenters. The Kier molecular flexibility index (Phi) is 13.5. The lowest BCUT2D eigenvalue weighted by molar-refractivity contribution is -0.135. The minimum absolute atomic E-state index is 0.195. The van der Waals surface area contributed by atoms with Gasteiger partial charge in [-0.05, 0) is 87.1 Å². The first-order chi connectivity index (χ1) is 23.1. The maximum Gasteiger partial charge on any atom is 0.258 e. The van der Waals surface area contributed by atoms with E-state index in [1.54, 1.807) is 24.3 Å². The van der Waals surface area contributed by atoms with E-state index >= 15 is 0 Å². The highest BCUT2D eigenvalue weighted by Crippen LogP contribution is 2.34. The Morgan fingerprint density at radius 3 is 2.12 bits per heavy atom. The van der Waals surface area contributed by atoms with Crippen LogP contribution in [0.5, 0.6) is 5.75 Å². The van der Waals surface area contributed by atoms with Crippen molar-refractivity contribution in [1.29, 1.82) is 5.26 Å². The van der Waals surface area contributed by atoms with E-state index in [1.165, 1.54) is 18.4 Å². The number of amides is 3. The molecule has 3 aromatic rings. The predicted molar refractivity (Wildman–Crippen MR) is 189 cm³/mol. The highest BCUT2D eigenvalue weighted by atomic mass is 35.5. The molecule has 0 spiro atoms. The lowest BCUT2D eigenvalue weighted by Gasteiger charge is -2.48. The van der Waals surface area contributed by atoms with E-state index in [9.17, 15) is 19.6 Å². The number of carbonyl (C=O) groups excluding carboxylic acids is 3. The summed E-state index contributed by atoms with van der Waals surface area (Å²) in [5, 5.41) is 12.3. The molecule has 2 heterocycles. The predicted octanol–water partition coefficient (Wildman–Crippen LogP) is 5.23. The van der Waals surface area contributed by atoms with Crippen molar-refractivity contribution < 1.29 is 19.1 Å². The molecule has 2 aliphatic heterocycles. The number of fused-ring (bicyclic) bond motifs is 1. The first-order valence-corrected chi connectivity index (χ1v) is 17.1. The standard InChI is InChI=1S/C30H40N6O4.C6H4Cl2/c1-40-27-23(20-31)19-22-9-3-4-10-24(22)26(27)28(38)35(21-25(32)37)14-8-7-13-34-17-11-30(12-18-34,29(33)39)36-15-5-2-6-16-36;7-5-3-1-2-4-6(5)8/h3-4,9-10,19H,2,5-8,11-18,21H2,1H3,(H2,32,37)(H2,33,39);1-4H. The molecule has 4 N–H and O–H groups in total. The maximum atomic E-state index is 13.8. The van der Waals surface area contributed by atoms with Crippen LogP contribution in [0.3, 0.4) is 0 Å². The van der Waals surface area contributed by atoms with Crippen molar-refractivity contribution in [3.8, 4) is 11.8 Å². The molecule has 10 nitrogen and oxygen atoms in total. The number of hydrogen-bond donors (Lipinski definition) is 2. The molecule has 3 aromatic carbocycles. The molecule has 12 heteroatoms. The first kappa shape index (κ1) is 36.9. The van der Waals surface area contributed by atoms with Gasteiger partial charge in [-0.2, -0.15) is 5.26 Å². The molecule has 0 atom stereocenters. The summed E-state index contributed by atoms with van der Waals surface area (Å²) in [6, 6.07) is 18.3. The van der Waals surface area contributed by atoms with Crippen LogP contribution in [0.25, 0.3) is 10.8 Å². The number of halogens is 2. The van der Waals surface area contributed by atoms with Crippen molar-refractivity contribution in [3.05, 3.63) is 75.8 Å². The normalized spacial score (nSPS) is 16.3. The summed E-state index contributed by atoms with van der Waals surface area (Å²) in [6.07, 6.45) is 6.38. The fourth-order valence-electron chi connectivity index (χ4n) is 6.70. The van der Waals surface area contributed by atoms with Crippen molar-refractivity contribution >= 4 is 51.7 Å². The van der Waals surface area contributed by atoms with Crippen molar-refractivity contribution in [2.75, 3.05) is 52.9 Å². The largest absolute Gasteiger partial charge is 0.495 e.